The number of nitrogens with two attached hydrogens (primary N) is 1. The molecule has 0 bridgehead atoms. The van der Waals surface area contributed by atoms with Crippen molar-refractivity contribution in [2.24, 2.45) is 5.73 Å². The normalized spacial score (nSPS) is 11.2. The van der Waals surface area contributed by atoms with Crippen molar-refractivity contribution in [1.82, 2.24) is 0 Å². The Hall–Kier alpha value is -1.62. The first-order chi connectivity index (χ1) is 9.38. The van der Waals surface area contributed by atoms with Gasteiger partial charge in [0.15, 0.2) is 0 Å². The van der Waals surface area contributed by atoms with Crippen LogP contribution in [0.5, 0.6) is 0 Å². The smallest absolute Gasteiger partial charge is 0.134 e. The third-order valence-electron chi connectivity index (χ3n) is 3.04. The summed E-state index contributed by atoms with van der Waals surface area (Å²) in [5, 5.41) is 3.14. The average Bonchev–Trinajstić information content (AvgIpc) is 3.06. The first kappa shape index (κ1) is 12.4. The zero-order valence-electron chi connectivity index (χ0n) is 10.5. The van der Waals surface area contributed by atoms with Crippen molar-refractivity contribution >= 4 is 22.3 Å². The number of hydrogen-bond acceptors (Lipinski definition) is 4. The van der Waals surface area contributed by atoms with E-state index in [-0.39, 0.29) is 0 Å². The van der Waals surface area contributed by atoms with Gasteiger partial charge in [0.2, 0.25) is 0 Å². The molecule has 0 aliphatic heterocycles. The first-order valence-electron chi connectivity index (χ1n) is 6.18. The van der Waals surface area contributed by atoms with Crippen LogP contribution < -0.4 is 5.73 Å². The maximum absolute atomic E-state index is 5.77. The zero-order valence-corrected chi connectivity index (χ0v) is 11.3. The third-order valence-corrected chi connectivity index (χ3v) is 3.89. The Morgan fingerprint density at radius 2 is 2.00 bits per heavy atom. The Balaban J connectivity index is 1.79. The molecule has 2 heterocycles. The van der Waals surface area contributed by atoms with Crippen LogP contribution in [0, 0.1) is 0 Å². The molecule has 1 aromatic carbocycles. The molecule has 0 amide bonds. The molecule has 0 saturated heterocycles. The molecule has 0 aliphatic rings. The topological polar surface area (TPSA) is 48.4 Å². The van der Waals surface area contributed by atoms with Gasteiger partial charge in [0.25, 0.3) is 0 Å². The van der Waals surface area contributed by atoms with Gasteiger partial charge in [-0.25, -0.2) is 0 Å². The molecular weight excluding hydrogens is 258 g/mol. The number of thiophene rings is 1. The largest absolute Gasteiger partial charge is 0.459 e. The van der Waals surface area contributed by atoms with Gasteiger partial charge in [0.1, 0.15) is 11.3 Å². The van der Waals surface area contributed by atoms with Gasteiger partial charge in [-0.15, -0.1) is 11.3 Å². The fourth-order valence-electron chi connectivity index (χ4n) is 2.12. The van der Waals surface area contributed by atoms with Crippen LogP contribution in [0.25, 0.3) is 11.0 Å². The Bertz CT molecular complexity index is 658. The van der Waals surface area contributed by atoms with E-state index < -0.39 is 0 Å². The summed E-state index contributed by atoms with van der Waals surface area (Å²) in [7, 11) is 0. The van der Waals surface area contributed by atoms with Crippen molar-refractivity contribution in [3.8, 4) is 0 Å². The van der Waals surface area contributed by atoms with Crippen LogP contribution in [-0.2, 0) is 24.5 Å². The molecule has 0 spiro atoms. The summed E-state index contributed by atoms with van der Waals surface area (Å²) in [6.45, 7) is 1.55. The van der Waals surface area contributed by atoms with Crippen LogP contribution in [0.3, 0.4) is 0 Å². The second-order valence-corrected chi connectivity index (χ2v) is 5.31. The van der Waals surface area contributed by atoms with Crippen molar-refractivity contribution in [1.29, 1.82) is 0 Å². The van der Waals surface area contributed by atoms with Gasteiger partial charge >= 0.3 is 0 Å². The number of benzene rings is 1. The van der Waals surface area contributed by atoms with Gasteiger partial charge in [-0.1, -0.05) is 24.3 Å². The van der Waals surface area contributed by atoms with Gasteiger partial charge in [-0.2, -0.15) is 0 Å². The predicted octanol–water partition coefficient (Wildman–Crippen LogP) is 3.67. The molecule has 3 aromatic rings. The van der Waals surface area contributed by atoms with E-state index in [9.17, 15) is 0 Å². The maximum atomic E-state index is 5.77. The van der Waals surface area contributed by atoms with Gasteiger partial charge < -0.3 is 14.9 Å². The Kier molecular flexibility index (Phi) is 3.64. The highest BCUT2D eigenvalue weighted by Crippen LogP contribution is 2.26. The molecule has 0 fully saturated rings. The second-order valence-electron chi connectivity index (χ2n) is 4.28. The van der Waals surface area contributed by atoms with E-state index in [2.05, 4.69) is 11.4 Å². The Labute approximate surface area is 115 Å². The molecule has 19 heavy (non-hydrogen) atoms. The van der Waals surface area contributed by atoms with Crippen LogP contribution in [0.2, 0.25) is 0 Å². The summed E-state index contributed by atoms with van der Waals surface area (Å²) in [6.07, 6.45) is 0. The van der Waals surface area contributed by atoms with Crippen LogP contribution >= 0.6 is 11.3 Å². The number of fused-ring (bicyclic) bond motifs is 1. The van der Waals surface area contributed by atoms with Crippen molar-refractivity contribution in [3.63, 3.8) is 0 Å². The molecule has 3 nitrogen and oxygen atoms in total. The number of para-hydroxylation sites is 1. The Morgan fingerprint density at radius 3 is 2.79 bits per heavy atom. The SMILES string of the molecule is NCc1oc2ccccc2c1COCc1cccs1. The summed E-state index contributed by atoms with van der Waals surface area (Å²) >= 11 is 1.70. The third kappa shape index (κ3) is 2.56. The van der Waals surface area contributed by atoms with Crippen molar-refractivity contribution in [2.75, 3.05) is 0 Å². The monoisotopic (exact) mass is 273 g/mol. The predicted molar refractivity (Wildman–Crippen MR) is 76.9 cm³/mol. The van der Waals surface area contributed by atoms with Crippen LogP contribution in [0.15, 0.2) is 46.2 Å². The summed E-state index contributed by atoms with van der Waals surface area (Å²) in [6, 6.07) is 12.1. The van der Waals surface area contributed by atoms with E-state index in [1.165, 1.54) is 4.88 Å². The first-order valence-corrected chi connectivity index (χ1v) is 7.06. The van der Waals surface area contributed by atoms with E-state index in [0.29, 0.717) is 19.8 Å². The molecule has 0 aliphatic carbocycles. The molecule has 4 heteroatoms. The average molecular weight is 273 g/mol. The summed E-state index contributed by atoms with van der Waals surface area (Å²) < 4.78 is 11.5. The minimum atomic E-state index is 0.395. The molecule has 98 valence electrons. The van der Waals surface area contributed by atoms with Gasteiger partial charge in [0.05, 0.1) is 19.8 Å². The van der Waals surface area contributed by atoms with E-state index in [0.717, 1.165) is 22.3 Å². The van der Waals surface area contributed by atoms with E-state index in [1.54, 1.807) is 11.3 Å². The fraction of sp³-hybridized carbons (Fsp3) is 0.200. The highest BCUT2D eigenvalue weighted by atomic mass is 32.1. The molecule has 0 atom stereocenters. The summed E-state index contributed by atoms with van der Waals surface area (Å²) in [5.41, 5.74) is 7.67. The maximum Gasteiger partial charge on any atom is 0.134 e. The summed E-state index contributed by atoms with van der Waals surface area (Å²) in [4.78, 5) is 1.22. The van der Waals surface area contributed by atoms with E-state index in [4.69, 9.17) is 14.9 Å². The molecule has 0 unspecified atom stereocenters. The highest BCUT2D eigenvalue weighted by molar-refractivity contribution is 7.09. The van der Waals surface area contributed by atoms with Crippen LogP contribution in [-0.4, -0.2) is 0 Å². The van der Waals surface area contributed by atoms with Crippen LogP contribution in [0.4, 0.5) is 0 Å². The highest BCUT2D eigenvalue weighted by Gasteiger charge is 2.12. The number of furan rings is 1. The molecule has 2 N–H and O–H groups in total. The molecule has 0 radical (unpaired) electrons. The fourth-order valence-corrected chi connectivity index (χ4v) is 2.76. The minimum Gasteiger partial charge on any atom is -0.459 e. The minimum absolute atomic E-state index is 0.395. The zero-order chi connectivity index (χ0) is 13.1. The standard InChI is InChI=1S/C15H15NO2S/c16-8-15-13(10-17-9-11-4-3-7-19-11)12-5-1-2-6-14(12)18-15/h1-7H,8-10,16H2. The van der Waals surface area contributed by atoms with Gasteiger partial charge in [-0.3, -0.25) is 0 Å². The molecular formula is C15H15NO2S. The lowest BCUT2D eigenvalue weighted by Crippen LogP contribution is -2.00. The molecule has 0 saturated carbocycles. The lowest BCUT2D eigenvalue weighted by atomic mass is 10.1. The molecule has 2 aromatic heterocycles. The van der Waals surface area contributed by atoms with E-state index in [1.807, 2.05) is 30.3 Å². The number of hydrogen-bond donors (Lipinski definition) is 1. The van der Waals surface area contributed by atoms with E-state index >= 15 is 0 Å². The quantitative estimate of drug-likeness (QED) is 0.771. The van der Waals surface area contributed by atoms with Crippen LogP contribution in [0.1, 0.15) is 16.2 Å². The lowest BCUT2D eigenvalue weighted by molar-refractivity contribution is 0.108. The lowest BCUT2D eigenvalue weighted by Gasteiger charge is -2.03. The van der Waals surface area contributed by atoms with Crippen molar-refractivity contribution in [2.45, 2.75) is 19.8 Å². The van der Waals surface area contributed by atoms with Gasteiger partial charge in [-0.05, 0) is 17.5 Å². The second kappa shape index (κ2) is 5.57. The summed E-state index contributed by atoms with van der Waals surface area (Å²) in [5.74, 6) is 0.812. The van der Waals surface area contributed by atoms with Crippen molar-refractivity contribution in [3.05, 3.63) is 58.0 Å². The van der Waals surface area contributed by atoms with Crippen molar-refractivity contribution < 1.29 is 9.15 Å². The number of ether oxygens (including phenoxy) is 1. The Morgan fingerprint density at radius 1 is 1.11 bits per heavy atom. The molecule has 3 rings (SSSR count). The van der Waals surface area contributed by atoms with Gasteiger partial charge in [0, 0.05) is 15.8 Å². The number of rotatable bonds is 5.